The van der Waals surface area contributed by atoms with Gasteiger partial charge in [0.1, 0.15) is 5.82 Å². The van der Waals surface area contributed by atoms with Crippen molar-refractivity contribution < 1.29 is 0 Å². The molecule has 0 bridgehead atoms. The van der Waals surface area contributed by atoms with Crippen LogP contribution in [-0.4, -0.2) is 43.8 Å². The van der Waals surface area contributed by atoms with Crippen LogP contribution >= 0.6 is 23.4 Å². The van der Waals surface area contributed by atoms with Gasteiger partial charge in [-0.25, -0.2) is 0 Å². The van der Waals surface area contributed by atoms with Gasteiger partial charge in [0.05, 0.1) is 16.0 Å². The minimum atomic E-state index is -0.152. The van der Waals surface area contributed by atoms with Gasteiger partial charge in [0.2, 0.25) is 11.9 Å². The zero-order valence-corrected chi connectivity index (χ0v) is 20.7. The van der Waals surface area contributed by atoms with Crippen molar-refractivity contribution >= 4 is 35.3 Å². The topological polar surface area (TPSA) is 98.6 Å². The Hall–Kier alpha value is -3.17. The molecule has 1 atom stereocenters. The van der Waals surface area contributed by atoms with Crippen molar-refractivity contribution in [2.24, 2.45) is 0 Å². The summed E-state index contributed by atoms with van der Waals surface area (Å²) in [5.41, 5.74) is 9.98. The number of thioether (sulfide) groups is 1. The molecule has 2 heterocycles. The van der Waals surface area contributed by atoms with Gasteiger partial charge in [-0.05, 0) is 50.1 Å². The van der Waals surface area contributed by atoms with Gasteiger partial charge >= 0.3 is 0 Å². The van der Waals surface area contributed by atoms with E-state index in [1.807, 2.05) is 49.9 Å². The number of halogens is 1. The summed E-state index contributed by atoms with van der Waals surface area (Å²) < 4.78 is 2.04. The number of nitrogens with zero attached hydrogens (tertiary/aromatic N) is 7. The Balaban J connectivity index is 1.83. The van der Waals surface area contributed by atoms with E-state index in [4.69, 9.17) is 17.3 Å². The summed E-state index contributed by atoms with van der Waals surface area (Å²) in [5.74, 6) is 1.95. The van der Waals surface area contributed by atoms with Gasteiger partial charge in [-0.1, -0.05) is 47.6 Å². The molecule has 4 aromatic rings. The highest BCUT2D eigenvalue weighted by Gasteiger charge is 2.23. The van der Waals surface area contributed by atoms with Crippen LogP contribution in [0.4, 0.5) is 11.9 Å². The molecular formula is C23H25ClN8S. The highest BCUT2D eigenvalue weighted by molar-refractivity contribution is 7.99. The average molecular weight is 481 g/mol. The van der Waals surface area contributed by atoms with Crippen molar-refractivity contribution in [2.75, 3.05) is 24.7 Å². The van der Waals surface area contributed by atoms with E-state index in [1.165, 1.54) is 11.8 Å². The molecule has 170 valence electrons. The number of aromatic nitrogens is 6. The molecule has 10 heteroatoms. The van der Waals surface area contributed by atoms with Crippen LogP contribution in [0.15, 0.2) is 47.6 Å². The molecule has 4 rings (SSSR count). The van der Waals surface area contributed by atoms with Gasteiger partial charge in [-0.2, -0.15) is 15.0 Å². The van der Waals surface area contributed by atoms with Crippen LogP contribution in [0.5, 0.6) is 0 Å². The summed E-state index contributed by atoms with van der Waals surface area (Å²) in [6.45, 7) is 6.14. The summed E-state index contributed by atoms with van der Waals surface area (Å²) in [6.07, 6.45) is 0. The van der Waals surface area contributed by atoms with Gasteiger partial charge < -0.3 is 10.6 Å². The lowest BCUT2D eigenvalue weighted by atomic mass is 10.1. The third-order valence-electron chi connectivity index (χ3n) is 5.06. The normalized spacial score (nSPS) is 12.1. The highest BCUT2D eigenvalue weighted by Crippen LogP contribution is 2.38. The first-order valence-electron chi connectivity index (χ1n) is 10.4. The fourth-order valence-corrected chi connectivity index (χ4v) is 4.46. The number of nitrogens with two attached hydrogens (primary N) is 1. The number of aryl methyl sites for hydroxylation is 2. The van der Waals surface area contributed by atoms with Crippen LogP contribution in [0.1, 0.15) is 29.1 Å². The first kappa shape index (κ1) is 23.0. The van der Waals surface area contributed by atoms with Gasteiger partial charge in [-0.3, -0.25) is 4.57 Å². The van der Waals surface area contributed by atoms with Gasteiger partial charge in [0, 0.05) is 19.7 Å². The molecule has 2 aromatic heterocycles. The smallest absolute Gasteiger partial charge is 0.229 e. The zero-order chi connectivity index (χ0) is 23.7. The monoisotopic (exact) mass is 480 g/mol. The van der Waals surface area contributed by atoms with Gasteiger partial charge in [-0.15, -0.1) is 10.2 Å². The van der Waals surface area contributed by atoms with Crippen molar-refractivity contribution in [3.05, 3.63) is 64.4 Å². The number of anilines is 2. The zero-order valence-electron chi connectivity index (χ0n) is 19.1. The SMILES string of the molecule is Cc1ccc(C)c(-n2c(SC(C)c3nc(N)nc(N(C)C)n3)nnc2-c2ccccc2Cl)c1. The molecule has 0 aliphatic rings. The number of benzene rings is 2. The van der Waals surface area contributed by atoms with E-state index in [0.717, 1.165) is 22.4 Å². The second-order valence-electron chi connectivity index (χ2n) is 7.92. The molecule has 0 saturated heterocycles. The number of hydrogen-bond donors (Lipinski definition) is 1. The van der Waals surface area contributed by atoms with E-state index < -0.39 is 0 Å². The molecule has 1 unspecified atom stereocenters. The van der Waals surface area contributed by atoms with Crippen molar-refractivity contribution in [3.63, 3.8) is 0 Å². The van der Waals surface area contributed by atoms with Gasteiger partial charge in [0.15, 0.2) is 11.0 Å². The summed E-state index contributed by atoms with van der Waals surface area (Å²) in [7, 11) is 3.73. The largest absolute Gasteiger partial charge is 0.368 e. The molecule has 2 N–H and O–H groups in total. The Kier molecular flexibility index (Phi) is 6.53. The van der Waals surface area contributed by atoms with E-state index in [9.17, 15) is 0 Å². The fourth-order valence-electron chi connectivity index (χ4n) is 3.33. The maximum atomic E-state index is 6.53. The number of rotatable bonds is 6. The Bertz CT molecular complexity index is 1300. The number of nitrogen functional groups attached to an aromatic ring is 1. The molecule has 0 aliphatic heterocycles. The molecular weight excluding hydrogens is 456 g/mol. The van der Waals surface area contributed by atoms with E-state index in [1.54, 1.807) is 4.90 Å². The molecule has 0 aliphatic carbocycles. The van der Waals surface area contributed by atoms with E-state index in [0.29, 0.717) is 27.8 Å². The highest BCUT2D eigenvalue weighted by atomic mass is 35.5. The van der Waals surface area contributed by atoms with E-state index in [-0.39, 0.29) is 11.2 Å². The Morgan fingerprint density at radius 1 is 1.03 bits per heavy atom. The quantitative estimate of drug-likeness (QED) is 0.389. The Labute approximate surface area is 202 Å². The average Bonchev–Trinajstić information content (AvgIpc) is 3.18. The van der Waals surface area contributed by atoms with E-state index in [2.05, 4.69) is 57.2 Å². The van der Waals surface area contributed by atoms with Crippen LogP contribution in [-0.2, 0) is 0 Å². The second kappa shape index (κ2) is 9.36. The minimum absolute atomic E-state index is 0.152. The summed E-state index contributed by atoms with van der Waals surface area (Å²) in [5, 5.41) is 10.2. The molecule has 8 nitrogen and oxygen atoms in total. The molecule has 0 fully saturated rings. The first-order chi connectivity index (χ1) is 15.7. The summed E-state index contributed by atoms with van der Waals surface area (Å²) in [6, 6.07) is 13.9. The molecule has 0 saturated carbocycles. The third-order valence-corrected chi connectivity index (χ3v) is 6.43. The van der Waals surface area contributed by atoms with E-state index >= 15 is 0 Å². The molecule has 33 heavy (non-hydrogen) atoms. The van der Waals surface area contributed by atoms with Crippen molar-refractivity contribution in [1.29, 1.82) is 0 Å². The third kappa shape index (κ3) is 4.79. The summed E-state index contributed by atoms with van der Waals surface area (Å²) in [4.78, 5) is 14.9. The van der Waals surface area contributed by atoms with Gasteiger partial charge in [0.25, 0.3) is 0 Å². The maximum absolute atomic E-state index is 6.53. The lowest BCUT2D eigenvalue weighted by Crippen LogP contribution is -2.16. The number of hydrogen-bond acceptors (Lipinski definition) is 8. The lowest BCUT2D eigenvalue weighted by Gasteiger charge is -2.17. The first-order valence-corrected chi connectivity index (χ1v) is 11.6. The van der Waals surface area contributed by atoms with Crippen LogP contribution in [0.3, 0.4) is 0 Å². The maximum Gasteiger partial charge on any atom is 0.229 e. The van der Waals surface area contributed by atoms with Crippen LogP contribution in [0.25, 0.3) is 17.1 Å². The Morgan fingerprint density at radius 2 is 1.79 bits per heavy atom. The molecule has 0 spiro atoms. The van der Waals surface area contributed by atoms with Crippen LogP contribution in [0.2, 0.25) is 5.02 Å². The molecule has 0 amide bonds. The molecule has 2 aromatic carbocycles. The predicted molar refractivity (Wildman–Crippen MR) is 134 cm³/mol. The van der Waals surface area contributed by atoms with Crippen molar-refractivity contribution in [3.8, 4) is 17.1 Å². The standard InChI is InChI=1S/C23H25ClN8S/c1-13-10-11-14(2)18(12-13)32-20(16-8-6-7-9-17(16)24)29-30-23(32)33-15(3)19-26-21(25)28-22(27-19)31(4)5/h6-12,15H,1-5H3,(H2,25,26,27,28). The fraction of sp³-hybridized carbons (Fsp3) is 0.261. The van der Waals surface area contributed by atoms with Crippen molar-refractivity contribution in [1.82, 2.24) is 29.7 Å². The summed E-state index contributed by atoms with van der Waals surface area (Å²) >= 11 is 8.03. The van der Waals surface area contributed by atoms with Crippen LogP contribution in [0, 0.1) is 13.8 Å². The lowest BCUT2D eigenvalue weighted by molar-refractivity contribution is 0.841. The minimum Gasteiger partial charge on any atom is -0.368 e. The Morgan fingerprint density at radius 3 is 2.52 bits per heavy atom. The van der Waals surface area contributed by atoms with Crippen LogP contribution < -0.4 is 10.6 Å². The second-order valence-corrected chi connectivity index (χ2v) is 9.63. The predicted octanol–water partition coefficient (Wildman–Crippen LogP) is 4.89. The van der Waals surface area contributed by atoms with Crippen molar-refractivity contribution in [2.45, 2.75) is 31.2 Å². The molecule has 0 radical (unpaired) electrons.